The molecule has 1 amide bonds. The van der Waals surface area contributed by atoms with Crippen LogP contribution >= 0.6 is 0 Å². The summed E-state index contributed by atoms with van der Waals surface area (Å²) in [4.78, 5) is 18.5. The fourth-order valence-corrected chi connectivity index (χ4v) is 3.73. The summed E-state index contributed by atoms with van der Waals surface area (Å²) in [7, 11) is -2.19. The van der Waals surface area contributed by atoms with E-state index in [1.54, 1.807) is 38.2 Å². The molecule has 0 spiro atoms. The molecule has 9 nitrogen and oxygen atoms in total. The van der Waals surface area contributed by atoms with E-state index in [1.807, 2.05) is 30.3 Å². The molecule has 10 heteroatoms. The van der Waals surface area contributed by atoms with Gasteiger partial charge in [0.05, 0.1) is 25.1 Å². The number of amides is 1. The van der Waals surface area contributed by atoms with Crippen molar-refractivity contribution in [3.05, 3.63) is 60.5 Å². The van der Waals surface area contributed by atoms with Crippen molar-refractivity contribution in [3.63, 3.8) is 0 Å². The van der Waals surface area contributed by atoms with Crippen molar-refractivity contribution in [2.24, 2.45) is 0 Å². The summed E-state index contributed by atoms with van der Waals surface area (Å²) in [6.45, 7) is 1.82. The molecular formula is C21H24N4O5S. The summed E-state index contributed by atoms with van der Waals surface area (Å²) < 4.78 is 36.6. The van der Waals surface area contributed by atoms with E-state index < -0.39 is 15.9 Å². The number of anilines is 1. The van der Waals surface area contributed by atoms with Gasteiger partial charge in [-0.05, 0) is 19.1 Å². The van der Waals surface area contributed by atoms with Gasteiger partial charge in [0, 0.05) is 12.6 Å². The predicted molar refractivity (Wildman–Crippen MR) is 116 cm³/mol. The summed E-state index contributed by atoms with van der Waals surface area (Å²) >= 11 is 0. The van der Waals surface area contributed by atoms with Crippen molar-refractivity contribution in [3.8, 4) is 17.1 Å². The van der Waals surface area contributed by atoms with Gasteiger partial charge in [-0.25, -0.2) is 8.42 Å². The first-order valence-corrected chi connectivity index (χ1v) is 11.5. The Hall–Kier alpha value is -3.40. The first kappa shape index (κ1) is 22.3. The average Bonchev–Trinajstić information content (AvgIpc) is 3.21. The largest absolute Gasteiger partial charge is 0.492 e. The Morgan fingerprint density at radius 3 is 2.45 bits per heavy atom. The van der Waals surface area contributed by atoms with Gasteiger partial charge in [-0.3, -0.25) is 9.10 Å². The fourth-order valence-electron chi connectivity index (χ4n) is 2.88. The maximum Gasteiger partial charge on any atom is 0.246 e. The minimum Gasteiger partial charge on any atom is -0.492 e. The number of para-hydroxylation sites is 2. The van der Waals surface area contributed by atoms with E-state index in [9.17, 15) is 13.2 Å². The normalized spacial score (nSPS) is 11.2. The molecule has 1 heterocycles. The molecule has 0 fully saturated rings. The number of sulfonamides is 1. The fraction of sp³-hybridized carbons (Fsp3) is 0.286. The van der Waals surface area contributed by atoms with Crippen molar-refractivity contribution < 1.29 is 22.5 Å². The first-order chi connectivity index (χ1) is 14.8. The van der Waals surface area contributed by atoms with Gasteiger partial charge in [0.2, 0.25) is 27.6 Å². The molecule has 3 aromatic rings. The van der Waals surface area contributed by atoms with Gasteiger partial charge in [-0.15, -0.1) is 0 Å². The Morgan fingerprint density at radius 1 is 1.10 bits per heavy atom. The van der Waals surface area contributed by atoms with E-state index in [0.717, 1.165) is 16.1 Å². The topological polar surface area (TPSA) is 106 Å². The van der Waals surface area contributed by atoms with Gasteiger partial charge in [-0.2, -0.15) is 4.98 Å². The smallest absolute Gasteiger partial charge is 0.246 e. The highest BCUT2D eigenvalue weighted by Crippen LogP contribution is 2.29. The van der Waals surface area contributed by atoms with E-state index in [1.165, 1.54) is 4.90 Å². The van der Waals surface area contributed by atoms with Crippen LogP contribution in [0.1, 0.15) is 12.8 Å². The Bertz CT molecular complexity index is 1130. The molecule has 0 aliphatic heterocycles. The first-order valence-electron chi connectivity index (χ1n) is 9.61. The van der Waals surface area contributed by atoms with Gasteiger partial charge in [0.1, 0.15) is 12.3 Å². The highest BCUT2D eigenvalue weighted by molar-refractivity contribution is 7.92. The SMILES string of the molecule is CCOc1ccccc1N(CC(=O)N(C)Cc1nc(-c2ccccc2)no1)S(C)(=O)=O. The number of carbonyl (C=O) groups is 1. The monoisotopic (exact) mass is 444 g/mol. The third-order valence-corrected chi connectivity index (χ3v) is 5.54. The third-order valence-electron chi connectivity index (χ3n) is 4.41. The quantitative estimate of drug-likeness (QED) is 0.499. The summed E-state index contributed by atoms with van der Waals surface area (Å²) in [5.41, 5.74) is 1.10. The molecule has 0 N–H and O–H groups in total. The lowest BCUT2D eigenvalue weighted by atomic mass is 10.2. The van der Waals surface area contributed by atoms with E-state index in [2.05, 4.69) is 10.1 Å². The van der Waals surface area contributed by atoms with Crippen LogP contribution in [-0.4, -0.2) is 55.8 Å². The summed E-state index contributed by atoms with van der Waals surface area (Å²) in [5, 5.41) is 3.93. The van der Waals surface area contributed by atoms with Gasteiger partial charge in [0.15, 0.2) is 0 Å². The van der Waals surface area contributed by atoms with Crippen LogP contribution in [0.25, 0.3) is 11.4 Å². The predicted octanol–water partition coefficient (Wildman–Crippen LogP) is 2.56. The maximum absolute atomic E-state index is 12.8. The Kier molecular flexibility index (Phi) is 6.91. The lowest BCUT2D eigenvalue weighted by Gasteiger charge is -2.26. The van der Waals surface area contributed by atoms with E-state index in [-0.39, 0.29) is 19.0 Å². The van der Waals surface area contributed by atoms with Crippen molar-refractivity contribution >= 4 is 21.6 Å². The molecular weight excluding hydrogens is 420 g/mol. The highest BCUT2D eigenvalue weighted by Gasteiger charge is 2.26. The van der Waals surface area contributed by atoms with Crippen LogP contribution in [0, 0.1) is 0 Å². The van der Waals surface area contributed by atoms with Gasteiger partial charge in [0.25, 0.3) is 0 Å². The minimum absolute atomic E-state index is 0.0450. The molecule has 1 aromatic heterocycles. The molecule has 0 unspecified atom stereocenters. The molecule has 3 rings (SSSR count). The number of hydrogen-bond donors (Lipinski definition) is 0. The number of ether oxygens (including phenoxy) is 1. The molecule has 0 atom stereocenters. The molecule has 2 aromatic carbocycles. The zero-order chi connectivity index (χ0) is 22.4. The minimum atomic E-state index is -3.74. The number of carbonyl (C=O) groups excluding carboxylic acids is 1. The second-order valence-electron chi connectivity index (χ2n) is 6.80. The van der Waals surface area contributed by atoms with Crippen LogP contribution in [0.2, 0.25) is 0 Å². The Morgan fingerprint density at radius 2 is 1.77 bits per heavy atom. The lowest BCUT2D eigenvalue weighted by molar-refractivity contribution is -0.129. The van der Waals surface area contributed by atoms with Gasteiger partial charge >= 0.3 is 0 Å². The molecule has 0 radical (unpaired) electrons. The van der Waals surface area contributed by atoms with Crippen molar-refractivity contribution in [2.75, 3.05) is 30.8 Å². The number of nitrogens with zero attached hydrogens (tertiary/aromatic N) is 4. The van der Waals surface area contributed by atoms with Crippen molar-refractivity contribution in [1.82, 2.24) is 15.0 Å². The molecule has 164 valence electrons. The van der Waals surface area contributed by atoms with Crippen LogP contribution in [0.4, 0.5) is 5.69 Å². The Balaban J connectivity index is 1.75. The van der Waals surface area contributed by atoms with E-state index in [0.29, 0.717) is 23.9 Å². The molecule has 0 saturated carbocycles. The van der Waals surface area contributed by atoms with Crippen LogP contribution in [-0.2, 0) is 21.4 Å². The second-order valence-corrected chi connectivity index (χ2v) is 8.70. The molecule has 0 aliphatic rings. The zero-order valence-corrected chi connectivity index (χ0v) is 18.4. The average molecular weight is 445 g/mol. The molecule has 0 bridgehead atoms. The summed E-state index contributed by atoms with van der Waals surface area (Å²) in [6.07, 6.45) is 1.05. The second kappa shape index (κ2) is 9.61. The molecule has 31 heavy (non-hydrogen) atoms. The third kappa shape index (κ3) is 5.60. The Labute approximate surface area is 181 Å². The highest BCUT2D eigenvalue weighted by atomic mass is 32.2. The summed E-state index contributed by atoms with van der Waals surface area (Å²) in [6, 6.07) is 16.0. The number of likely N-dealkylation sites (N-methyl/N-ethyl adjacent to an activating group) is 1. The zero-order valence-electron chi connectivity index (χ0n) is 17.6. The van der Waals surface area contributed by atoms with Crippen molar-refractivity contribution in [1.29, 1.82) is 0 Å². The van der Waals surface area contributed by atoms with Crippen LogP contribution in [0.15, 0.2) is 59.1 Å². The number of hydrogen-bond acceptors (Lipinski definition) is 7. The van der Waals surface area contributed by atoms with Crippen LogP contribution in [0.3, 0.4) is 0 Å². The number of benzene rings is 2. The molecule has 0 aliphatic carbocycles. The van der Waals surface area contributed by atoms with E-state index in [4.69, 9.17) is 9.26 Å². The maximum atomic E-state index is 12.8. The lowest BCUT2D eigenvalue weighted by Crippen LogP contribution is -2.41. The number of aromatic nitrogens is 2. The standard InChI is InChI=1S/C21H24N4O5S/c1-4-29-18-13-9-8-12-17(18)25(31(3,27)28)15-20(26)24(2)14-19-22-21(23-30-19)16-10-6-5-7-11-16/h5-13H,4,14-15H2,1-3H3. The van der Waals surface area contributed by atoms with Crippen LogP contribution < -0.4 is 9.04 Å². The van der Waals surface area contributed by atoms with Crippen molar-refractivity contribution in [2.45, 2.75) is 13.5 Å². The van der Waals surface area contributed by atoms with Gasteiger partial charge in [-0.1, -0.05) is 47.6 Å². The summed E-state index contributed by atoms with van der Waals surface area (Å²) in [5.74, 6) is 0.613. The molecule has 0 saturated heterocycles. The van der Waals surface area contributed by atoms with E-state index >= 15 is 0 Å². The van der Waals surface area contributed by atoms with Crippen LogP contribution in [0.5, 0.6) is 5.75 Å². The number of rotatable bonds is 9. The van der Waals surface area contributed by atoms with Gasteiger partial charge < -0.3 is 14.2 Å².